The molecule has 2 aromatic rings. The van der Waals surface area contributed by atoms with Gasteiger partial charge in [-0.3, -0.25) is 4.79 Å². The van der Waals surface area contributed by atoms with Crippen LogP contribution in [0.5, 0.6) is 0 Å². The number of rotatable bonds is 7. The smallest absolute Gasteiger partial charge is 0.318 e. The van der Waals surface area contributed by atoms with E-state index in [0.717, 1.165) is 36.9 Å². The Balaban J connectivity index is 1.96. The van der Waals surface area contributed by atoms with Crippen LogP contribution >= 0.6 is 0 Å². The SMILES string of the molecule is CC(C)C1(OC(=O)C(c2ccccc2)c2ccccc2)CCCCC1CN(C)C. The zero-order valence-electron chi connectivity index (χ0n) is 18.3. The molecule has 2 unspecified atom stereocenters. The van der Waals surface area contributed by atoms with Crippen LogP contribution in [0, 0.1) is 11.8 Å². The van der Waals surface area contributed by atoms with Crippen molar-refractivity contribution in [2.24, 2.45) is 11.8 Å². The summed E-state index contributed by atoms with van der Waals surface area (Å²) in [7, 11) is 4.22. The number of hydrogen-bond donors (Lipinski definition) is 0. The van der Waals surface area contributed by atoms with Gasteiger partial charge >= 0.3 is 5.97 Å². The first kappa shape index (κ1) is 21.6. The summed E-state index contributed by atoms with van der Waals surface area (Å²) in [4.78, 5) is 15.9. The lowest BCUT2D eigenvalue weighted by atomic mass is 9.69. The zero-order chi connectivity index (χ0) is 20.9. The fourth-order valence-corrected chi connectivity index (χ4v) is 4.94. The van der Waals surface area contributed by atoms with Crippen LogP contribution in [-0.2, 0) is 9.53 Å². The Labute approximate surface area is 176 Å². The van der Waals surface area contributed by atoms with Crippen LogP contribution in [0.4, 0.5) is 0 Å². The average Bonchev–Trinajstić information content (AvgIpc) is 2.71. The van der Waals surface area contributed by atoms with Gasteiger partial charge in [0.25, 0.3) is 0 Å². The molecule has 1 saturated carbocycles. The van der Waals surface area contributed by atoms with Crippen molar-refractivity contribution in [1.82, 2.24) is 4.90 Å². The molecule has 0 spiro atoms. The highest BCUT2D eigenvalue weighted by Gasteiger charge is 2.47. The first-order valence-corrected chi connectivity index (χ1v) is 10.9. The van der Waals surface area contributed by atoms with E-state index in [1.165, 1.54) is 6.42 Å². The summed E-state index contributed by atoms with van der Waals surface area (Å²) >= 11 is 0. The van der Waals surface area contributed by atoms with Gasteiger partial charge in [-0.1, -0.05) is 80.9 Å². The third-order valence-corrected chi connectivity index (χ3v) is 6.42. The van der Waals surface area contributed by atoms with Crippen LogP contribution in [0.3, 0.4) is 0 Å². The summed E-state index contributed by atoms with van der Waals surface area (Å²) in [6.07, 6.45) is 4.40. The molecule has 1 aliphatic rings. The summed E-state index contributed by atoms with van der Waals surface area (Å²) in [6, 6.07) is 20.1. The number of ether oxygens (including phenoxy) is 1. The maximum atomic E-state index is 13.7. The van der Waals surface area contributed by atoms with E-state index >= 15 is 0 Å². The molecule has 0 N–H and O–H groups in total. The number of esters is 1. The van der Waals surface area contributed by atoms with Crippen molar-refractivity contribution in [1.29, 1.82) is 0 Å². The van der Waals surface area contributed by atoms with Gasteiger partial charge in [-0.25, -0.2) is 0 Å². The fourth-order valence-electron chi connectivity index (χ4n) is 4.94. The Hall–Kier alpha value is -2.13. The van der Waals surface area contributed by atoms with E-state index in [1.807, 2.05) is 60.7 Å². The van der Waals surface area contributed by atoms with Gasteiger partial charge in [0.05, 0.1) is 0 Å². The molecular weight excluding hydrogens is 358 g/mol. The topological polar surface area (TPSA) is 29.5 Å². The molecule has 156 valence electrons. The number of hydrogen-bond acceptors (Lipinski definition) is 3. The van der Waals surface area contributed by atoms with Crippen LogP contribution in [-0.4, -0.2) is 37.1 Å². The fraction of sp³-hybridized carbons (Fsp3) is 0.500. The van der Waals surface area contributed by atoms with Crippen molar-refractivity contribution < 1.29 is 9.53 Å². The molecular formula is C26H35NO2. The predicted octanol–water partition coefficient (Wildman–Crippen LogP) is 5.51. The lowest BCUT2D eigenvalue weighted by Crippen LogP contribution is -2.52. The van der Waals surface area contributed by atoms with E-state index in [-0.39, 0.29) is 11.9 Å². The van der Waals surface area contributed by atoms with Gasteiger partial charge in [-0.05, 0) is 50.4 Å². The monoisotopic (exact) mass is 393 g/mol. The van der Waals surface area contributed by atoms with Crippen molar-refractivity contribution >= 4 is 5.97 Å². The molecule has 2 aromatic carbocycles. The van der Waals surface area contributed by atoms with Gasteiger partial charge in [-0.2, -0.15) is 0 Å². The second kappa shape index (κ2) is 9.58. The Bertz CT molecular complexity index is 732. The highest BCUT2D eigenvalue weighted by molar-refractivity contribution is 5.82. The minimum absolute atomic E-state index is 0.123. The largest absolute Gasteiger partial charge is 0.458 e. The molecule has 29 heavy (non-hydrogen) atoms. The van der Waals surface area contributed by atoms with E-state index < -0.39 is 11.5 Å². The molecule has 0 bridgehead atoms. The summed E-state index contributed by atoms with van der Waals surface area (Å²) in [6.45, 7) is 5.37. The third-order valence-electron chi connectivity index (χ3n) is 6.42. The molecule has 0 aromatic heterocycles. The molecule has 2 atom stereocenters. The van der Waals surface area contributed by atoms with Gasteiger partial charge < -0.3 is 9.64 Å². The quantitative estimate of drug-likeness (QED) is 0.581. The Morgan fingerprint density at radius 2 is 1.55 bits per heavy atom. The standard InChI is InChI=1S/C26H35NO2/c1-20(2)26(18-12-11-17-23(26)19-27(3)4)29-25(28)24(21-13-7-5-8-14-21)22-15-9-6-10-16-22/h5-10,13-16,20,23-24H,11-12,17-19H2,1-4H3. The maximum absolute atomic E-state index is 13.7. The van der Waals surface area contributed by atoms with E-state index in [9.17, 15) is 4.79 Å². The van der Waals surface area contributed by atoms with E-state index in [2.05, 4.69) is 32.8 Å². The van der Waals surface area contributed by atoms with Crippen LogP contribution in [0.1, 0.15) is 56.6 Å². The van der Waals surface area contributed by atoms with Gasteiger partial charge in [0, 0.05) is 12.5 Å². The molecule has 3 heteroatoms. The van der Waals surface area contributed by atoms with Crippen LogP contribution < -0.4 is 0 Å². The summed E-state index contributed by atoms with van der Waals surface area (Å²) in [5.74, 6) is 0.128. The average molecular weight is 394 g/mol. The molecule has 1 fully saturated rings. The highest BCUT2D eigenvalue weighted by Crippen LogP contribution is 2.44. The molecule has 0 aliphatic heterocycles. The van der Waals surface area contributed by atoms with Gasteiger partial charge in [0.1, 0.15) is 11.5 Å². The summed E-state index contributed by atoms with van der Waals surface area (Å²) < 4.78 is 6.56. The first-order chi connectivity index (χ1) is 13.9. The molecule has 0 radical (unpaired) electrons. The number of carbonyl (C=O) groups excluding carboxylic acids is 1. The molecule has 3 nitrogen and oxygen atoms in total. The lowest BCUT2D eigenvalue weighted by molar-refractivity contribution is -0.181. The van der Waals surface area contributed by atoms with Crippen LogP contribution in [0.2, 0.25) is 0 Å². The van der Waals surface area contributed by atoms with Crippen molar-refractivity contribution in [3.05, 3.63) is 71.8 Å². The predicted molar refractivity (Wildman–Crippen MR) is 119 cm³/mol. The maximum Gasteiger partial charge on any atom is 0.318 e. The minimum atomic E-state index is -0.401. The lowest BCUT2D eigenvalue weighted by Gasteiger charge is -2.47. The molecule has 0 heterocycles. The second-order valence-corrected chi connectivity index (χ2v) is 8.99. The third kappa shape index (κ3) is 4.90. The number of carbonyl (C=O) groups is 1. The molecule has 0 saturated heterocycles. The van der Waals surface area contributed by atoms with Gasteiger partial charge in [0.15, 0.2) is 0 Å². The van der Waals surface area contributed by atoms with E-state index in [0.29, 0.717) is 5.92 Å². The summed E-state index contributed by atoms with van der Waals surface area (Å²) in [5.41, 5.74) is 1.58. The second-order valence-electron chi connectivity index (χ2n) is 8.99. The van der Waals surface area contributed by atoms with E-state index in [1.54, 1.807) is 0 Å². The Kier molecular flexibility index (Phi) is 7.13. The molecule has 3 rings (SSSR count). The number of benzene rings is 2. The van der Waals surface area contributed by atoms with Crippen LogP contribution in [0.15, 0.2) is 60.7 Å². The number of nitrogens with zero attached hydrogens (tertiary/aromatic N) is 1. The molecule has 1 aliphatic carbocycles. The van der Waals surface area contributed by atoms with Gasteiger partial charge in [-0.15, -0.1) is 0 Å². The first-order valence-electron chi connectivity index (χ1n) is 10.9. The van der Waals surface area contributed by atoms with Crippen molar-refractivity contribution in [2.75, 3.05) is 20.6 Å². The summed E-state index contributed by atoms with van der Waals surface area (Å²) in [5, 5.41) is 0. The zero-order valence-corrected chi connectivity index (χ0v) is 18.3. The Morgan fingerprint density at radius 3 is 2.03 bits per heavy atom. The van der Waals surface area contributed by atoms with Gasteiger partial charge in [0.2, 0.25) is 0 Å². The Morgan fingerprint density at radius 1 is 1.00 bits per heavy atom. The minimum Gasteiger partial charge on any atom is -0.458 e. The highest BCUT2D eigenvalue weighted by atomic mass is 16.6. The van der Waals surface area contributed by atoms with Crippen molar-refractivity contribution in [3.63, 3.8) is 0 Å². The normalized spacial score (nSPS) is 22.2. The van der Waals surface area contributed by atoms with Crippen LogP contribution in [0.25, 0.3) is 0 Å². The van der Waals surface area contributed by atoms with Crippen molar-refractivity contribution in [3.8, 4) is 0 Å². The molecule has 0 amide bonds. The van der Waals surface area contributed by atoms with E-state index in [4.69, 9.17) is 4.74 Å². The van der Waals surface area contributed by atoms with Crippen molar-refractivity contribution in [2.45, 2.75) is 51.0 Å².